The fourth-order valence-corrected chi connectivity index (χ4v) is 1.58. The number of epoxide rings is 1. The molecule has 1 fully saturated rings. The summed E-state index contributed by atoms with van der Waals surface area (Å²) in [5, 5.41) is 17.9. The van der Waals surface area contributed by atoms with Crippen LogP contribution in [-0.4, -0.2) is 35.1 Å². The molecule has 0 spiro atoms. The molecule has 0 aromatic rings. The van der Waals surface area contributed by atoms with E-state index in [-0.39, 0.29) is 18.8 Å². The molecule has 0 unspecified atom stereocenters. The number of hydrogen-bond donors (Lipinski definition) is 2. The quantitative estimate of drug-likeness (QED) is 0.588. The Kier molecular flexibility index (Phi) is 4.70. The van der Waals surface area contributed by atoms with Crippen molar-refractivity contribution >= 4 is 0 Å². The fraction of sp³-hybridized carbons (Fsp3) is 1.00. The van der Waals surface area contributed by atoms with Crippen molar-refractivity contribution in [1.82, 2.24) is 0 Å². The molecule has 0 radical (unpaired) electrons. The number of hydrogen-bond acceptors (Lipinski definition) is 3. The second kappa shape index (κ2) is 5.58. The standard InChI is InChI=1S/C10H20O3/c1-2-3-4-9-10(13-9)7-8(12)5-6-11/h8-12H,2-7H2,1H3/t8-,9+,10-/m1/s1. The minimum atomic E-state index is -0.387. The van der Waals surface area contributed by atoms with E-state index in [0.717, 1.165) is 6.42 Å². The first kappa shape index (κ1) is 11.0. The Labute approximate surface area is 79.7 Å². The highest BCUT2D eigenvalue weighted by molar-refractivity contribution is 4.86. The van der Waals surface area contributed by atoms with Crippen LogP contribution in [-0.2, 0) is 4.74 Å². The third-order valence-corrected chi connectivity index (χ3v) is 2.50. The molecule has 3 nitrogen and oxygen atoms in total. The summed E-state index contributed by atoms with van der Waals surface area (Å²) in [5.41, 5.74) is 0. The van der Waals surface area contributed by atoms with Gasteiger partial charge in [0, 0.05) is 13.0 Å². The molecular weight excluding hydrogens is 168 g/mol. The predicted octanol–water partition coefficient (Wildman–Crippen LogP) is 1.08. The predicted molar refractivity (Wildman–Crippen MR) is 50.5 cm³/mol. The van der Waals surface area contributed by atoms with Crippen LogP contribution in [0.3, 0.4) is 0 Å². The third-order valence-electron chi connectivity index (χ3n) is 2.50. The van der Waals surface area contributed by atoms with E-state index in [1.165, 1.54) is 12.8 Å². The Morgan fingerprint density at radius 1 is 1.38 bits per heavy atom. The number of ether oxygens (including phenoxy) is 1. The van der Waals surface area contributed by atoms with Crippen LogP contribution in [0.2, 0.25) is 0 Å². The lowest BCUT2D eigenvalue weighted by Gasteiger charge is -2.05. The first-order valence-electron chi connectivity index (χ1n) is 5.22. The largest absolute Gasteiger partial charge is 0.396 e. The van der Waals surface area contributed by atoms with Gasteiger partial charge in [-0.25, -0.2) is 0 Å². The number of unbranched alkanes of at least 4 members (excludes halogenated alkanes) is 1. The van der Waals surface area contributed by atoms with Crippen LogP contribution in [0, 0.1) is 0 Å². The van der Waals surface area contributed by atoms with E-state index < -0.39 is 0 Å². The molecule has 0 saturated carbocycles. The van der Waals surface area contributed by atoms with Crippen molar-refractivity contribution in [3.63, 3.8) is 0 Å². The summed E-state index contributed by atoms with van der Waals surface area (Å²) < 4.78 is 5.39. The molecule has 13 heavy (non-hydrogen) atoms. The summed E-state index contributed by atoms with van der Waals surface area (Å²) in [6, 6.07) is 0. The van der Waals surface area contributed by atoms with Gasteiger partial charge in [-0.15, -0.1) is 0 Å². The number of aliphatic hydroxyl groups excluding tert-OH is 2. The molecule has 3 atom stereocenters. The summed E-state index contributed by atoms with van der Waals surface area (Å²) in [6.07, 6.45) is 4.94. The summed E-state index contributed by atoms with van der Waals surface area (Å²) >= 11 is 0. The number of aliphatic hydroxyl groups is 2. The Morgan fingerprint density at radius 3 is 2.77 bits per heavy atom. The molecular formula is C10H20O3. The maximum absolute atomic E-state index is 9.36. The molecule has 1 saturated heterocycles. The molecule has 0 amide bonds. The topological polar surface area (TPSA) is 53.0 Å². The lowest BCUT2D eigenvalue weighted by molar-refractivity contribution is 0.116. The zero-order valence-corrected chi connectivity index (χ0v) is 8.28. The van der Waals surface area contributed by atoms with E-state index in [9.17, 15) is 5.11 Å². The minimum Gasteiger partial charge on any atom is -0.396 e. The smallest absolute Gasteiger partial charge is 0.0866 e. The van der Waals surface area contributed by atoms with Crippen LogP contribution >= 0.6 is 0 Å². The zero-order chi connectivity index (χ0) is 9.68. The molecule has 1 rings (SSSR count). The van der Waals surface area contributed by atoms with E-state index in [2.05, 4.69) is 6.92 Å². The van der Waals surface area contributed by atoms with Gasteiger partial charge in [0.15, 0.2) is 0 Å². The van der Waals surface area contributed by atoms with Gasteiger partial charge < -0.3 is 14.9 Å². The van der Waals surface area contributed by atoms with E-state index in [4.69, 9.17) is 9.84 Å². The van der Waals surface area contributed by atoms with Crippen molar-refractivity contribution < 1.29 is 14.9 Å². The van der Waals surface area contributed by atoms with E-state index >= 15 is 0 Å². The van der Waals surface area contributed by atoms with E-state index in [0.29, 0.717) is 18.9 Å². The lowest BCUT2D eigenvalue weighted by atomic mass is 10.1. The summed E-state index contributed by atoms with van der Waals surface area (Å²) in [4.78, 5) is 0. The van der Waals surface area contributed by atoms with Crippen molar-refractivity contribution in [1.29, 1.82) is 0 Å². The first-order chi connectivity index (χ1) is 6.27. The molecule has 0 aromatic carbocycles. The van der Waals surface area contributed by atoms with Crippen molar-refractivity contribution in [2.45, 2.75) is 57.3 Å². The zero-order valence-electron chi connectivity index (χ0n) is 8.28. The van der Waals surface area contributed by atoms with Crippen LogP contribution in [0.4, 0.5) is 0 Å². The molecule has 0 aromatic heterocycles. The highest BCUT2D eigenvalue weighted by Gasteiger charge is 2.38. The average Bonchev–Trinajstić information content (AvgIpc) is 2.80. The molecule has 0 bridgehead atoms. The highest BCUT2D eigenvalue weighted by Crippen LogP contribution is 2.31. The Balaban J connectivity index is 1.99. The van der Waals surface area contributed by atoms with Crippen LogP contribution in [0.15, 0.2) is 0 Å². The van der Waals surface area contributed by atoms with E-state index in [1.807, 2.05) is 0 Å². The van der Waals surface area contributed by atoms with Gasteiger partial charge in [0.2, 0.25) is 0 Å². The molecule has 1 aliphatic heterocycles. The van der Waals surface area contributed by atoms with Crippen LogP contribution < -0.4 is 0 Å². The second-order valence-corrected chi connectivity index (χ2v) is 3.76. The maximum atomic E-state index is 9.36. The molecule has 1 aliphatic rings. The van der Waals surface area contributed by atoms with Crippen LogP contribution in [0.25, 0.3) is 0 Å². The third kappa shape index (κ3) is 4.07. The SMILES string of the molecule is CCCC[C@@H]1O[C@@H]1C[C@H](O)CCO. The van der Waals surface area contributed by atoms with Gasteiger partial charge in [-0.3, -0.25) is 0 Å². The van der Waals surface area contributed by atoms with Gasteiger partial charge in [-0.1, -0.05) is 19.8 Å². The summed E-state index contributed by atoms with van der Waals surface area (Å²) in [6.45, 7) is 2.23. The van der Waals surface area contributed by atoms with Gasteiger partial charge in [0.1, 0.15) is 0 Å². The molecule has 78 valence electrons. The van der Waals surface area contributed by atoms with Gasteiger partial charge in [-0.05, 0) is 12.8 Å². The van der Waals surface area contributed by atoms with E-state index in [1.54, 1.807) is 0 Å². The van der Waals surface area contributed by atoms with Crippen molar-refractivity contribution in [2.24, 2.45) is 0 Å². The Hall–Kier alpha value is -0.120. The summed E-state index contributed by atoms with van der Waals surface area (Å²) in [5.74, 6) is 0. The van der Waals surface area contributed by atoms with Gasteiger partial charge in [0.25, 0.3) is 0 Å². The van der Waals surface area contributed by atoms with Crippen LogP contribution in [0.5, 0.6) is 0 Å². The van der Waals surface area contributed by atoms with Crippen molar-refractivity contribution in [2.75, 3.05) is 6.61 Å². The Bertz CT molecular complexity index is 138. The summed E-state index contributed by atoms with van der Waals surface area (Å²) in [7, 11) is 0. The fourth-order valence-electron chi connectivity index (χ4n) is 1.58. The monoisotopic (exact) mass is 188 g/mol. The Morgan fingerprint density at radius 2 is 2.15 bits per heavy atom. The first-order valence-corrected chi connectivity index (χ1v) is 5.22. The second-order valence-electron chi connectivity index (χ2n) is 3.76. The van der Waals surface area contributed by atoms with Gasteiger partial charge in [-0.2, -0.15) is 0 Å². The number of rotatable bonds is 7. The molecule has 3 heteroatoms. The lowest BCUT2D eigenvalue weighted by Crippen LogP contribution is -2.12. The van der Waals surface area contributed by atoms with Crippen LogP contribution in [0.1, 0.15) is 39.0 Å². The average molecular weight is 188 g/mol. The maximum Gasteiger partial charge on any atom is 0.0866 e. The van der Waals surface area contributed by atoms with Crippen molar-refractivity contribution in [3.05, 3.63) is 0 Å². The molecule has 2 N–H and O–H groups in total. The molecule has 0 aliphatic carbocycles. The van der Waals surface area contributed by atoms with Gasteiger partial charge >= 0.3 is 0 Å². The normalized spacial score (nSPS) is 28.8. The van der Waals surface area contributed by atoms with Crippen molar-refractivity contribution in [3.8, 4) is 0 Å². The highest BCUT2D eigenvalue weighted by atomic mass is 16.6. The minimum absolute atomic E-state index is 0.0630. The van der Waals surface area contributed by atoms with Gasteiger partial charge in [0.05, 0.1) is 18.3 Å². The molecule has 1 heterocycles.